The van der Waals surface area contributed by atoms with Gasteiger partial charge in [-0.3, -0.25) is 0 Å². The van der Waals surface area contributed by atoms with E-state index in [9.17, 15) is 0 Å². The van der Waals surface area contributed by atoms with Gasteiger partial charge in [0.25, 0.3) is 0 Å². The fourth-order valence-electron chi connectivity index (χ4n) is 2.49. The highest BCUT2D eigenvalue weighted by Gasteiger charge is 2.21. The van der Waals surface area contributed by atoms with Crippen LogP contribution in [0.5, 0.6) is 0 Å². The standard InChI is InChI=1S/C16H25N5/c1-4-5-6-11-16(2,3)12-21-15(18-19-20-21)13-7-9-14(17)10-8-13/h7-10H,4-6,11-12,17H2,1-3H3. The molecule has 0 atom stereocenters. The third-order valence-electron chi connectivity index (χ3n) is 3.74. The number of unbranched alkanes of at least 4 members (excludes halogenated alkanes) is 2. The molecule has 1 heterocycles. The lowest BCUT2D eigenvalue weighted by Crippen LogP contribution is -2.21. The van der Waals surface area contributed by atoms with E-state index in [1.807, 2.05) is 28.9 Å². The Morgan fingerprint density at radius 3 is 2.52 bits per heavy atom. The van der Waals surface area contributed by atoms with Gasteiger partial charge in [0.05, 0.1) is 6.54 Å². The van der Waals surface area contributed by atoms with Crippen molar-refractivity contribution in [3.8, 4) is 11.4 Å². The predicted octanol–water partition coefficient (Wildman–Crippen LogP) is 3.53. The van der Waals surface area contributed by atoms with Crippen LogP contribution in [0, 0.1) is 5.41 Å². The fraction of sp³-hybridized carbons (Fsp3) is 0.562. The van der Waals surface area contributed by atoms with Crippen LogP contribution in [0.2, 0.25) is 0 Å². The van der Waals surface area contributed by atoms with Crippen LogP contribution in [-0.4, -0.2) is 20.2 Å². The number of nitrogen functional groups attached to an aromatic ring is 1. The summed E-state index contributed by atoms with van der Waals surface area (Å²) in [5.41, 5.74) is 7.66. The van der Waals surface area contributed by atoms with Crippen molar-refractivity contribution in [2.45, 2.75) is 53.0 Å². The Kier molecular flexibility index (Phi) is 4.94. The molecule has 2 rings (SSSR count). The second-order valence-electron chi connectivity index (χ2n) is 6.40. The number of anilines is 1. The lowest BCUT2D eigenvalue weighted by molar-refractivity contribution is 0.258. The van der Waals surface area contributed by atoms with E-state index in [0.717, 1.165) is 23.6 Å². The van der Waals surface area contributed by atoms with Crippen molar-refractivity contribution in [3.05, 3.63) is 24.3 Å². The molecule has 1 aromatic carbocycles. The molecule has 0 bridgehead atoms. The molecule has 1 aromatic heterocycles. The Hall–Kier alpha value is -1.91. The molecule has 0 aliphatic carbocycles. The van der Waals surface area contributed by atoms with Crippen molar-refractivity contribution >= 4 is 5.69 Å². The van der Waals surface area contributed by atoms with Crippen molar-refractivity contribution in [3.63, 3.8) is 0 Å². The van der Waals surface area contributed by atoms with Crippen molar-refractivity contribution in [2.24, 2.45) is 5.41 Å². The summed E-state index contributed by atoms with van der Waals surface area (Å²) in [5.74, 6) is 0.804. The highest BCUT2D eigenvalue weighted by molar-refractivity contribution is 5.58. The Morgan fingerprint density at radius 2 is 1.86 bits per heavy atom. The zero-order chi connectivity index (χ0) is 15.3. The molecule has 0 saturated carbocycles. The molecule has 0 spiro atoms. The second kappa shape index (κ2) is 6.70. The number of rotatable bonds is 7. The summed E-state index contributed by atoms with van der Waals surface area (Å²) in [5, 5.41) is 12.1. The summed E-state index contributed by atoms with van der Waals surface area (Å²) >= 11 is 0. The van der Waals surface area contributed by atoms with Gasteiger partial charge in [0.2, 0.25) is 0 Å². The van der Waals surface area contributed by atoms with E-state index >= 15 is 0 Å². The zero-order valence-electron chi connectivity index (χ0n) is 13.2. The van der Waals surface area contributed by atoms with Crippen LogP contribution >= 0.6 is 0 Å². The monoisotopic (exact) mass is 287 g/mol. The van der Waals surface area contributed by atoms with E-state index < -0.39 is 0 Å². The van der Waals surface area contributed by atoms with Gasteiger partial charge in [-0.25, -0.2) is 4.68 Å². The number of hydrogen-bond donors (Lipinski definition) is 1. The van der Waals surface area contributed by atoms with Crippen LogP contribution in [0.3, 0.4) is 0 Å². The fourth-order valence-corrected chi connectivity index (χ4v) is 2.49. The van der Waals surface area contributed by atoms with Crippen LogP contribution in [0.15, 0.2) is 24.3 Å². The average Bonchev–Trinajstić information content (AvgIpc) is 2.87. The van der Waals surface area contributed by atoms with Gasteiger partial charge in [0, 0.05) is 11.3 Å². The van der Waals surface area contributed by atoms with Crippen molar-refractivity contribution in [1.82, 2.24) is 20.2 Å². The molecule has 0 saturated heterocycles. The van der Waals surface area contributed by atoms with Gasteiger partial charge in [0.15, 0.2) is 5.82 Å². The minimum Gasteiger partial charge on any atom is -0.399 e. The first kappa shape index (κ1) is 15.5. The molecule has 0 fully saturated rings. The van der Waals surface area contributed by atoms with Gasteiger partial charge in [-0.05, 0) is 46.5 Å². The minimum atomic E-state index is 0.188. The molecule has 5 heteroatoms. The number of aromatic nitrogens is 4. The SMILES string of the molecule is CCCCCC(C)(C)Cn1nnnc1-c1ccc(N)cc1. The minimum absolute atomic E-state index is 0.188. The summed E-state index contributed by atoms with van der Waals surface area (Å²) in [6.45, 7) is 7.60. The molecule has 5 nitrogen and oxygen atoms in total. The number of nitrogens with two attached hydrogens (primary N) is 1. The van der Waals surface area contributed by atoms with E-state index in [1.165, 1.54) is 25.7 Å². The maximum absolute atomic E-state index is 5.73. The molecule has 21 heavy (non-hydrogen) atoms. The first-order valence-corrected chi connectivity index (χ1v) is 7.64. The lowest BCUT2D eigenvalue weighted by Gasteiger charge is -2.24. The van der Waals surface area contributed by atoms with Gasteiger partial charge in [0.1, 0.15) is 0 Å². The summed E-state index contributed by atoms with van der Waals surface area (Å²) in [6.07, 6.45) is 4.96. The molecule has 2 N–H and O–H groups in total. The van der Waals surface area contributed by atoms with Gasteiger partial charge in [-0.1, -0.05) is 40.0 Å². The first-order valence-electron chi connectivity index (χ1n) is 7.64. The first-order chi connectivity index (χ1) is 10.0. The van der Waals surface area contributed by atoms with Crippen molar-refractivity contribution in [2.75, 3.05) is 5.73 Å². The Morgan fingerprint density at radius 1 is 1.14 bits per heavy atom. The topological polar surface area (TPSA) is 69.6 Å². The maximum Gasteiger partial charge on any atom is 0.182 e. The van der Waals surface area contributed by atoms with Gasteiger partial charge in [-0.2, -0.15) is 0 Å². The summed E-state index contributed by atoms with van der Waals surface area (Å²) in [4.78, 5) is 0. The molecule has 0 aliphatic heterocycles. The smallest absolute Gasteiger partial charge is 0.182 e. The van der Waals surface area contributed by atoms with E-state index in [1.54, 1.807) is 0 Å². The summed E-state index contributed by atoms with van der Waals surface area (Å²) in [7, 11) is 0. The highest BCUT2D eigenvalue weighted by Crippen LogP contribution is 2.27. The summed E-state index contributed by atoms with van der Waals surface area (Å²) < 4.78 is 1.90. The van der Waals surface area contributed by atoms with Crippen molar-refractivity contribution in [1.29, 1.82) is 0 Å². The quantitative estimate of drug-likeness (QED) is 0.624. The Labute approximate surface area is 126 Å². The van der Waals surface area contributed by atoms with Gasteiger partial charge < -0.3 is 5.73 Å². The molecular weight excluding hydrogens is 262 g/mol. The molecule has 0 unspecified atom stereocenters. The van der Waals surface area contributed by atoms with E-state index in [-0.39, 0.29) is 5.41 Å². The molecule has 2 aromatic rings. The largest absolute Gasteiger partial charge is 0.399 e. The van der Waals surface area contributed by atoms with Crippen LogP contribution in [0.25, 0.3) is 11.4 Å². The predicted molar refractivity (Wildman–Crippen MR) is 85.6 cm³/mol. The average molecular weight is 287 g/mol. The van der Waals surface area contributed by atoms with Gasteiger partial charge >= 0.3 is 0 Å². The molecule has 0 aliphatic rings. The van der Waals surface area contributed by atoms with Crippen LogP contribution in [0.1, 0.15) is 46.5 Å². The molecule has 0 radical (unpaired) electrons. The summed E-state index contributed by atoms with van der Waals surface area (Å²) in [6, 6.07) is 7.67. The highest BCUT2D eigenvalue weighted by atomic mass is 15.5. The number of benzene rings is 1. The lowest BCUT2D eigenvalue weighted by atomic mass is 9.87. The third kappa shape index (κ3) is 4.28. The number of hydrogen-bond acceptors (Lipinski definition) is 4. The van der Waals surface area contributed by atoms with Crippen LogP contribution in [-0.2, 0) is 6.54 Å². The van der Waals surface area contributed by atoms with Gasteiger partial charge in [-0.15, -0.1) is 5.10 Å². The van der Waals surface area contributed by atoms with E-state index in [2.05, 4.69) is 36.3 Å². The van der Waals surface area contributed by atoms with Crippen LogP contribution in [0.4, 0.5) is 5.69 Å². The number of nitrogens with zero attached hydrogens (tertiary/aromatic N) is 4. The molecule has 114 valence electrons. The molecule has 0 amide bonds. The third-order valence-corrected chi connectivity index (χ3v) is 3.74. The van der Waals surface area contributed by atoms with E-state index in [0.29, 0.717) is 0 Å². The van der Waals surface area contributed by atoms with E-state index in [4.69, 9.17) is 5.73 Å². The second-order valence-corrected chi connectivity index (χ2v) is 6.40. The zero-order valence-corrected chi connectivity index (χ0v) is 13.2. The number of tetrazole rings is 1. The normalized spacial score (nSPS) is 11.8. The Balaban J connectivity index is 2.11. The van der Waals surface area contributed by atoms with Crippen molar-refractivity contribution < 1.29 is 0 Å². The van der Waals surface area contributed by atoms with Crippen LogP contribution < -0.4 is 5.73 Å². The Bertz CT molecular complexity index is 556. The maximum atomic E-state index is 5.73. The molecular formula is C16H25N5.